The normalized spacial score (nSPS) is 14.2. The van der Waals surface area contributed by atoms with E-state index < -0.39 is 12.1 Å². The van der Waals surface area contributed by atoms with Gasteiger partial charge in [0.05, 0.1) is 6.10 Å². The van der Waals surface area contributed by atoms with Gasteiger partial charge in [0, 0.05) is 12.5 Å². The molecule has 0 bridgehead atoms. The highest BCUT2D eigenvalue weighted by atomic mass is 19.1. The summed E-state index contributed by atoms with van der Waals surface area (Å²) in [5.41, 5.74) is 1.04. The number of aliphatic carboxylic acids is 1. The van der Waals surface area contributed by atoms with E-state index in [9.17, 15) is 14.3 Å². The Kier molecular flexibility index (Phi) is 5.25. The van der Waals surface area contributed by atoms with Crippen molar-refractivity contribution in [3.63, 3.8) is 0 Å². The van der Waals surface area contributed by atoms with E-state index in [-0.39, 0.29) is 18.3 Å². The summed E-state index contributed by atoms with van der Waals surface area (Å²) in [6, 6.07) is 4.02. The van der Waals surface area contributed by atoms with Gasteiger partial charge in [0.2, 0.25) is 0 Å². The smallest absolute Gasteiger partial charge is 0.303 e. The van der Waals surface area contributed by atoms with Crippen molar-refractivity contribution in [3.8, 4) is 0 Å². The highest BCUT2D eigenvalue weighted by Gasteiger charge is 2.20. The number of aliphatic hydroxyl groups is 1. The van der Waals surface area contributed by atoms with Crippen molar-refractivity contribution in [2.24, 2.45) is 0 Å². The monoisotopic (exact) mass is 255 g/mol. The molecule has 0 fully saturated rings. The van der Waals surface area contributed by atoms with Gasteiger partial charge in [-0.3, -0.25) is 4.79 Å². The van der Waals surface area contributed by atoms with Gasteiger partial charge in [0.15, 0.2) is 0 Å². The molecule has 4 nitrogen and oxygen atoms in total. The van der Waals surface area contributed by atoms with E-state index in [0.29, 0.717) is 17.5 Å². The van der Waals surface area contributed by atoms with Crippen LogP contribution in [-0.4, -0.2) is 29.3 Å². The molecular formula is C13H18FNO3. The number of benzene rings is 1. The lowest BCUT2D eigenvalue weighted by molar-refractivity contribution is -0.137. The summed E-state index contributed by atoms with van der Waals surface area (Å²) in [6.45, 7) is 1.62. The molecule has 18 heavy (non-hydrogen) atoms. The maximum absolute atomic E-state index is 13.1. The Hall–Kier alpha value is -1.46. The van der Waals surface area contributed by atoms with Crippen molar-refractivity contribution in [3.05, 3.63) is 35.1 Å². The van der Waals surface area contributed by atoms with Gasteiger partial charge in [-0.15, -0.1) is 0 Å². The number of carboxylic acids is 1. The van der Waals surface area contributed by atoms with Crippen molar-refractivity contribution < 1.29 is 19.4 Å². The predicted molar refractivity (Wildman–Crippen MR) is 65.8 cm³/mol. The summed E-state index contributed by atoms with van der Waals surface area (Å²) in [7, 11) is 1.66. The summed E-state index contributed by atoms with van der Waals surface area (Å²) in [6.07, 6.45) is -0.569. The van der Waals surface area contributed by atoms with E-state index in [1.165, 1.54) is 12.1 Å². The fourth-order valence-corrected chi connectivity index (χ4v) is 1.82. The minimum absolute atomic E-state index is 0.0251. The average Bonchev–Trinajstić information content (AvgIpc) is 2.32. The van der Waals surface area contributed by atoms with E-state index in [1.54, 1.807) is 20.0 Å². The van der Waals surface area contributed by atoms with E-state index in [0.717, 1.165) is 0 Å². The van der Waals surface area contributed by atoms with Crippen LogP contribution in [0.2, 0.25) is 0 Å². The average molecular weight is 255 g/mol. The van der Waals surface area contributed by atoms with E-state index in [1.807, 2.05) is 0 Å². The SMILES string of the molecule is CNC(CCC(=O)O)C(O)c1ccc(F)c(C)c1. The van der Waals surface area contributed by atoms with Crippen LogP contribution in [0, 0.1) is 12.7 Å². The minimum Gasteiger partial charge on any atom is -0.481 e. The molecule has 0 radical (unpaired) electrons. The lowest BCUT2D eigenvalue weighted by Gasteiger charge is -2.22. The largest absolute Gasteiger partial charge is 0.481 e. The second-order valence-corrected chi connectivity index (χ2v) is 4.28. The number of carbonyl (C=O) groups is 1. The molecule has 5 heteroatoms. The second kappa shape index (κ2) is 6.47. The molecular weight excluding hydrogens is 237 g/mol. The van der Waals surface area contributed by atoms with Gasteiger partial charge >= 0.3 is 5.97 Å². The molecule has 0 amide bonds. The molecule has 0 saturated carbocycles. The molecule has 0 saturated heterocycles. The number of hydrogen-bond acceptors (Lipinski definition) is 3. The third-order valence-electron chi connectivity index (χ3n) is 2.94. The number of hydrogen-bond donors (Lipinski definition) is 3. The van der Waals surface area contributed by atoms with Crippen LogP contribution < -0.4 is 5.32 Å². The van der Waals surface area contributed by atoms with Crippen molar-refractivity contribution in [1.82, 2.24) is 5.32 Å². The summed E-state index contributed by atoms with van der Waals surface area (Å²) in [5, 5.41) is 21.6. The molecule has 0 aliphatic heterocycles. The molecule has 0 aliphatic carbocycles. The summed E-state index contributed by atoms with van der Waals surface area (Å²) < 4.78 is 13.1. The number of aryl methyl sites for hydroxylation is 1. The van der Waals surface area contributed by atoms with Gasteiger partial charge in [-0.05, 0) is 37.6 Å². The summed E-state index contributed by atoms with van der Waals surface area (Å²) >= 11 is 0. The first kappa shape index (κ1) is 14.6. The maximum Gasteiger partial charge on any atom is 0.303 e. The van der Waals surface area contributed by atoms with Gasteiger partial charge in [-0.1, -0.05) is 12.1 Å². The molecule has 1 aromatic carbocycles. The molecule has 1 aromatic rings. The van der Waals surface area contributed by atoms with Crippen molar-refractivity contribution in [2.45, 2.75) is 31.9 Å². The molecule has 2 atom stereocenters. The number of rotatable bonds is 6. The molecule has 0 spiro atoms. The third kappa shape index (κ3) is 3.78. The van der Waals surface area contributed by atoms with Crippen LogP contribution in [0.1, 0.15) is 30.1 Å². The Morgan fingerprint density at radius 1 is 1.50 bits per heavy atom. The highest BCUT2D eigenvalue weighted by Crippen LogP contribution is 2.22. The molecule has 0 aromatic heterocycles. The Labute approximate surface area is 105 Å². The topological polar surface area (TPSA) is 69.6 Å². The Morgan fingerprint density at radius 3 is 2.67 bits per heavy atom. The fraction of sp³-hybridized carbons (Fsp3) is 0.462. The summed E-state index contributed by atoms with van der Waals surface area (Å²) in [4.78, 5) is 10.5. The minimum atomic E-state index is -0.905. The first-order chi connectivity index (χ1) is 8.45. The summed E-state index contributed by atoms with van der Waals surface area (Å²) in [5.74, 6) is -1.23. The molecule has 1 rings (SSSR count). The van der Waals surface area contributed by atoms with Crippen LogP contribution in [0.4, 0.5) is 4.39 Å². The van der Waals surface area contributed by atoms with Gasteiger partial charge in [0.25, 0.3) is 0 Å². The van der Waals surface area contributed by atoms with Crippen molar-refractivity contribution in [2.75, 3.05) is 7.05 Å². The third-order valence-corrected chi connectivity index (χ3v) is 2.94. The number of carboxylic acid groups (broad SMARTS) is 1. The standard InChI is InChI=1S/C13H18FNO3/c1-8-7-9(3-4-10(8)14)13(18)11(15-2)5-6-12(16)17/h3-4,7,11,13,15,18H,5-6H2,1-2H3,(H,16,17). The Morgan fingerprint density at radius 2 is 2.17 bits per heavy atom. The van der Waals surface area contributed by atoms with Crippen LogP contribution in [-0.2, 0) is 4.79 Å². The molecule has 100 valence electrons. The first-order valence-electron chi connectivity index (χ1n) is 5.79. The van der Waals surface area contributed by atoms with Crippen LogP contribution in [0.25, 0.3) is 0 Å². The Bertz CT molecular complexity index is 423. The number of aliphatic hydroxyl groups excluding tert-OH is 1. The zero-order valence-electron chi connectivity index (χ0n) is 10.5. The van der Waals surface area contributed by atoms with E-state index in [4.69, 9.17) is 5.11 Å². The van der Waals surface area contributed by atoms with Crippen LogP contribution in [0.5, 0.6) is 0 Å². The van der Waals surface area contributed by atoms with Crippen molar-refractivity contribution >= 4 is 5.97 Å². The van der Waals surface area contributed by atoms with Crippen LogP contribution >= 0.6 is 0 Å². The molecule has 2 unspecified atom stereocenters. The number of likely N-dealkylation sites (N-methyl/N-ethyl adjacent to an activating group) is 1. The Balaban J connectivity index is 2.78. The van der Waals surface area contributed by atoms with E-state index >= 15 is 0 Å². The highest BCUT2D eigenvalue weighted by molar-refractivity contribution is 5.66. The van der Waals surface area contributed by atoms with Gasteiger partial charge in [-0.2, -0.15) is 0 Å². The van der Waals surface area contributed by atoms with Crippen LogP contribution in [0.3, 0.4) is 0 Å². The first-order valence-corrected chi connectivity index (χ1v) is 5.79. The zero-order chi connectivity index (χ0) is 13.7. The lowest BCUT2D eigenvalue weighted by Crippen LogP contribution is -2.32. The maximum atomic E-state index is 13.1. The fourth-order valence-electron chi connectivity index (χ4n) is 1.82. The number of nitrogens with one attached hydrogen (secondary N) is 1. The molecule has 0 heterocycles. The van der Waals surface area contributed by atoms with E-state index in [2.05, 4.69) is 5.32 Å². The zero-order valence-corrected chi connectivity index (χ0v) is 10.5. The second-order valence-electron chi connectivity index (χ2n) is 4.28. The number of halogens is 1. The predicted octanol–water partition coefficient (Wildman–Crippen LogP) is 1.62. The van der Waals surface area contributed by atoms with Gasteiger partial charge < -0.3 is 15.5 Å². The lowest BCUT2D eigenvalue weighted by atomic mass is 9.97. The van der Waals surface area contributed by atoms with Crippen LogP contribution in [0.15, 0.2) is 18.2 Å². The molecule has 0 aliphatic rings. The van der Waals surface area contributed by atoms with Gasteiger partial charge in [-0.25, -0.2) is 4.39 Å². The van der Waals surface area contributed by atoms with Crippen molar-refractivity contribution in [1.29, 1.82) is 0 Å². The molecule has 3 N–H and O–H groups in total. The van der Waals surface area contributed by atoms with Gasteiger partial charge in [0.1, 0.15) is 5.82 Å². The quantitative estimate of drug-likeness (QED) is 0.722.